The molecule has 1 atom stereocenters. The number of nitrogens with two attached hydrogens (primary N) is 1. The van der Waals surface area contributed by atoms with Crippen LogP contribution in [0.4, 0.5) is 0 Å². The fraction of sp³-hybridized carbons (Fsp3) is 0.800. The van der Waals surface area contributed by atoms with E-state index >= 15 is 0 Å². The van der Waals surface area contributed by atoms with Gasteiger partial charge in [-0.15, -0.1) is 12.4 Å². The molecule has 0 amide bonds. The normalized spacial score (nSPS) is 14.8. The molecule has 0 saturated heterocycles. The van der Waals surface area contributed by atoms with Crippen LogP contribution in [-0.2, 0) is 9.53 Å². The van der Waals surface area contributed by atoms with Gasteiger partial charge in [-0.25, -0.2) is 4.79 Å². The number of rotatable bonds is 2. The van der Waals surface area contributed by atoms with E-state index in [0.29, 0.717) is 0 Å². The van der Waals surface area contributed by atoms with Crippen molar-refractivity contribution < 1.29 is 14.6 Å². The summed E-state index contributed by atoms with van der Waals surface area (Å²) in [4.78, 5) is 10.6. The van der Waals surface area contributed by atoms with Gasteiger partial charge < -0.3 is 15.6 Å². The van der Waals surface area contributed by atoms with Crippen molar-refractivity contribution in [1.82, 2.24) is 0 Å². The molecule has 0 fully saturated rings. The summed E-state index contributed by atoms with van der Waals surface area (Å²) in [5.74, 6) is -0.606. The summed E-state index contributed by atoms with van der Waals surface area (Å²) < 4.78 is 4.28. The highest BCUT2D eigenvalue weighted by atomic mass is 35.5. The van der Waals surface area contributed by atoms with Gasteiger partial charge >= 0.3 is 5.97 Å². The van der Waals surface area contributed by atoms with Gasteiger partial charge in [0.25, 0.3) is 0 Å². The lowest BCUT2D eigenvalue weighted by molar-refractivity contribution is -0.147. The summed E-state index contributed by atoms with van der Waals surface area (Å²) in [6, 6.07) is 0. The van der Waals surface area contributed by atoms with Gasteiger partial charge in [0.05, 0.1) is 13.7 Å². The van der Waals surface area contributed by atoms with Crippen LogP contribution in [0.15, 0.2) is 0 Å². The fourth-order valence-electron chi connectivity index (χ4n) is 0.298. The molecule has 3 N–H and O–H groups in total. The zero-order valence-corrected chi connectivity index (χ0v) is 6.77. The van der Waals surface area contributed by atoms with Gasteiger partial charge in [0.15, 0.2) is 0 Å². The molecule has 5 heteroatoms. The van der Waals surface area contributed by atoms with E-state index < -0.39 is 18.1 Å². The van der Waals surface area contributed by atoms with Gasteiger partial charge in [0.2, 0.25) is 0 Å². The Balaban J connectivity index is 0. The van der Waals surface area contributed by atoms with Gasteiger partial charge in [-0.1, -0.05) is 0 Å². The topological polar surface area (TPSA) is 72.5 Å². The molecule has 0 aliphatic rings. The van der Waals surface area contributed by atoms with Crippen LogP contribution in [0.2, 0.25) is 0 Å². The minimum Gasteiger partial charge on any atom is -0.468 e. The lowest BCUT2D eigenvalue weighted by Gasteiger charge is -2.17. The molecule has 0 bridgehead atoms. The number of esters is 1. The Morgan fingerprint density at radius 2 is 2.20 bits per heavy atom. The van der Waals surface area contributed by atoms with Crippen LogP contribution in [0, 0.1) is 0 Å². The highest BCUT2D eigenvalue weighted by Gasteiger charge is 2.27. The molecule has 10 heavy (non-hydrogen) atoms. The van der Waals surface area contributed by atoms with E-state index in [9.17, 15) is 4.79 Å². The third kappa shape index (κ3) is 3.00. The first-order chi connectivity index (χ1) is 4.04. The number of aliphatic hydroxyl groups is 1. The van der Waals surface area contributed by atoms with Crippen molar-refractivity contribution in [2.24, 2.45) is 5.73 Å². The molecule has 0 aromatic rings. The number of methoxy groups -OCH3 is 1. The molecule has 0 heterocycles. The molecule has 0 aliphatic heterocycles. The second-order valence-electron chi connectivity index (χ2n) is 2.07. The van der Waals surface area contributed by atoms with E-state index in [4.69, 9.17) is 10.8 Å². The average molecular weight is 170 g/mol. The minimum absolute atomic E-state index is 0. The molecule has 0 radical (unpaired) electrons. The van der Waals surface area contributed by atoms with E-state index in [1.807, 2.05) is 0 Å². The average Bonchev–Trinajstić information content (AvgIpc) is 1.86. The molecule has 0 aromatic heterocycles. The molecule has 0 rings (SSSR count). The number of carbonyl (C=O) groups is 1. The molecular weight excluding hydrogens is 158 g/mol. The zero-order chi connectivity index (χ0) is 7.49. The molecule has 0 spiro atoms. The molecular formula is C5H12ClNO3. The Bertz CT molecular complexity index is 115. The smallest absolute Gasteiger partial charge is 0.327 e. The Morgan fingerprint density at radius 1 is 1.80 bits per heavy atom. The molecule has 0 aromatic carbocycles. The van der Waals surface area contributed by atoms with Crippen LogP contribution in [0.5, 0.6) is 0 Å². The van der Waals surface area contributed by atoms with Crippen LogP contribution >= 0.6 is 12.4 Å². The number of halogens is 1. The maximum absolute atomic E-state index is 10.6. The van der Waals surface area contributed by atoms with Crippen LogP contribution < -0.4 is 5.73 Å². The summed E-state index contributed by atoms with van der Waals surface area (Å²) in [7, 11) is 1.23. The molecule has 62 valence electrons. The molecule has 0 saturated carbocycles. The third-order valence-electron chi connectivity index (χ3n) is 0.980. The van der Waals surface area contributed by atoms with Gasteiger partial charge in [-0.05, 0) is 6.92 Å². The fourth-order valence-corrected chi connectivity index (χ4v) is 0.298. The highest BCUT2D eigenvalue weighted by Crippen LogP contribution is 1.98. The van der Waals surface area contributed by atoms with E-state index in [2.05, 4.69) is 4.74 Å². The van der Waals surface area contributed by atoms with Gasteiger partial charge in [-0.3, -0.25) is 0 Å². The van der Waals surface area contributed by atoms with Crippen molar-refractivity contribution in [2.45, 2.75) is 12.5 Å². The predicted octanol–water partition coefficient (Wildman–Crippen LogP) is -0.709. The van der Waals surface area contributed by atoms with Crippen LogP contribution in [0.3, 0.4) is 0 Å². The van der Waals surface area contributed by atoms with Crippen LogP contribution in [0.1, 0.15) is 6.92 Å². The van der Waals surface area contributed by atoms with Crippen molar-refractivity contribution in [3.63, 3.8) is 0 Å². The minimum atomic E-state index is -1.26. The van der Waals surface area contributed by atoms with Gasteiger partial charge in [0, 0.05) is 0 Å². The first-order valence-electron chi connectivity index (χ1n) is 2.52. The summed E-state index contributed by atoms with van der Waals surface area (Å²) in [6.07, 6.45) is 0. The highest BCUT2D eigenvalue weighted by molar-refractivity contribution is 5.85. The molecule has 0 aliphatic carbocycles. The number of hydrogen-bond acceptors (Lipinski definition) is 4. The van der Waals surface area contributed by atoms with Crippen molar-refractivity contribution >= 4 is 18.4 Å². The maximum Gasteiger partial charge on any atom is 0.327 e. The number of ether oxygens (including phenoxy) is 1. The largest absolute Gasteiger partial charge is 0.468 e. The Kier molecular flexibility index (Phi) is 5.55. The number of hydrogen-bond donors (Lipinski definition) is 2. The van der Waals surface area contributed by atoms with E-state index in [0.717, 1.165) is 0 Å². The first-order valence-corrected chi connectivity index (χ1v) is 2.52. The van der Waals surface area contributed by atoms with Crippen molar-refractivity contribution in [2.75, 3.05) is 13.7 Å². The second-order valence-corrected chi connectivity index (χ2v) is 2.07. The number of carbonyl (C=O) groups excluding carboxylic acids is 1. The Hall–Kier alpha value is -0.320. The maximum atomic E-state index is 10.6. The summed E-state index contributed by atoms with van der Waals surface area (Å²) in [5, 5.41) is 8.47. The summed E-state index contributed by atoms with van der Waals surface area (Å²) in [6.45, 7) is 0.999. The molecule has 0 unspecified atom stereocenters. The van der Waals surface area contributed by atoms with Crippen molar-refractivity contribution in [3.05, 3.63) is 0 Å². The Morgan fingerprint density at radius 3 is 2.30 bits per heavy atom. The quantitative estimate of drug-likeness (QED) is 0.536. The van der Waals surface area contributed by atoms with E-state index in [-0.39, 0.29) is 12.4 Å². The predicted molar refractivity (Wildman–Crippen MR) is 38.9 cm³/mol. The lowest BCUT2D eigenvalue weighted by atomic mass is 10.1. The summed E-state index contributed by atoms with van der Waals surface area (Å²) >= 11 is 0. The standard InChI is InChI=1S/C5H11NO3.ClH/c1-5(6,3-7)4(8)9-2;/h7H,3,6H2,1-2H3;1H/t5-;/m0./s1. The third-order valence-corrected chi connectivity index (χ3v) is 0.980. The number of aliphatic hydroxyl groups excluding tert-OH is 1. The van der Waals surface area contributed by atoms with E-state index in [1.54, 1.807) is 0 Å². The SMILES string of the molecule is COC(=O)[C@@](C)(N)CO.Cl. The zero-order valence-electron chi connectivity index (χ0n) is 5.96. The first kappa shape index (κ1) is 12.4. The van der Waals surface area contributed by atoms with Crippen molar-refractivity contribution in [3.8, 4) is 0 Å². The van der Waals surface area contributed by atoms with Gasteiger partial charge in [-0.2, -0.15) is 0 Å². The van der Waals surface area contributed by atoms with Crippen LogP contribution in [-0.4, -0.2) is 30.3 Å². The summed E-state index contributed by atoms with van der Waals surface area (Å²) in [5.41, 5.74) is 3.99. The second kappa shape index (κ2) is 4.49. The van der Waals surface area contributed by atoms with Gasteiger partial charge in [0.1, 0.15) is 5.54 Å². The van der Waals surface area contributed by atoms with E-state index in [1.165, 1.54) is 14.0 Å². The lowest BCUT2D eigenvalue weighted by Crippen LogP contribution is -2.48. The monoisotopic (exact) mass is 169 g/mol. The molecule has 4 nitrogen and oxygen atoms in total. The van der Waals surface area contributed by atoms with Crippen LogP contribution in [0.25, 0.3) is 0 Å². The van der Waals surface area contributed by atoms with Crippen molar-refractivity contribution in [1.29, 1.82) is 0 Å². The Labute approximate surface area is 65.8 Å².